The van der Waals surface area contributed by atoms with E-state index in [1.54, 1.807) is 6.08 Å². The average molecular weight is 277 g/mol. The molecule has 4 nitrogen and oxygen atoms in total. The second kappa shape index (κ2) is 8.25. The molecule has 0 spiro atoms. The summed E-state index contributed by atoms with van der Waals surface area (Å²) in [7, 11) is 0. The number of amides is 1. The van der Waals surface area contributed by atoms with Gasteiger partial charge in [0.05, 0.1) is 19.3 Å². The maximum atomic E-state index is 11.6. The van der Waals surface area contributed by atoms with Gasteiger partial charge < -0.3 is 14.8 Å². The van der Waals surface area contributed by atoms with Gasteiger partial charge in [-0.25, -0.2) is 0 Å². The van der Waals surface area contributed by atoms with Crippen molar-refractivity contribution in [3.63, 3.8) is 0 Å². The number of rotatable bonds is 7. The molecule has 1 rings (SSSR count). The van der Waals surface area contributed by atoms with Gasteiger partial charge in [0.15, 0.2) is 11.5 Å². The van der Waals surface area contributed by atoms with Gasteiger partial charge in [0.2, 0.25) is 5.91 Å². The highest BCUT2D eigenvalue weighted by molar-refractivity contribution is 5.87. The van der Waals surface area contributed by atoms with Gasteiger partial charge in [0.25, 0.3) is 0 Å². The summed E-state index contributed by atoms with van der Waals surface area (Å²) in [5.41, 5.74) is 0.981. The topological polar surface area (TPSA) is 47.6 Å². The molecule has 1 amide bonds. The lowest BCUT2D eigenvalue weighted by Gasteiger charge is -2.16. The van der Waals surface area contributed by atoms with Gasteiger partial charge in [-0.05, 0) is 51.5 Å². The van der Waals surface area contributed by atoms with E-state index in [4.69, 9.17) is 9.47 Å². The molecule has 0 radical (unpaired) electrons. The standard InChI is InChI=1S/C16H23NO3/c1-5-8-16(18)17-12(4)13-9-10-14(19-6-2)15(11-13)20-7-3/h5,8-12H,6-7H2,1-4H3,(H,17,18)/b8-5+. The first kappa shape index (κ1) is 16.1. The van der Waals surface area contributed by atoms with E-state index in [2.05, 4.69) is 5.32 Å². The van der Waals surface area contributed by atoms with Crippen molar-refractivity contribution in [2.75, 3.05) is 13.2 Å². The molecule has 0 fully saturated rings. The first-order valence-corrected chi connectivity index (χ1v) is 6.95. The monoisotopic (exact) mass is 277 g/mol. The fourth-order valence-corrected chi connectivity index (χ4v) is 1.83. The van der Waals surface area contributed by atoms with E-state index in [9.17, 15) is 4.79 Å². The second-order valence-corrected chi connectivity index (χ2v) is 4.30. The fraction of sp³-hybridized carbons (Fsp3) is 0.438. The summed E-state index contributed by atoms with van der Waals surface area (Å²) in [5.74, 6) is 1.33. The number of carbonyl (C=O) groups is 1. The number of hydrogen-bond acceptors (Lipinski definition) is 3. The van der Waals surface area contributed by atoms with Gasteiger partial charge >= 0.3 is 0 Å². The predicted octanol–water partition coefficient (Wildman–Crippen LogP) is 3.24. The summed E-state index contributed by atoms with van der Waals surface area (Å²) in [6.07, 6.45) is 3.22. The zero-order chi connectivity index (χ0) is 15.0. The Labute approximate surface area is 120 Å². The van der Waals surface area contributed by atoms with E-state index >= 15 is 0 Å². The Kier molecular flexibility index (Phi) is 6.64. The van der Waals surface area contributed by atoms with Crippen LogP contribution >= 0.6 is 0 Å². The molecule has 1 atom stereocenters. The lowest BCUT2D eigenvalue weighted by molar-refractivity contribution is -0.117. The number of hydrogen-bond donors (Lipinski definition) is 1. The molecule has 0 saturated carbocycles. The van der Waals surface area contributed by atoms with Gasteiger partial charge in [-0.2, -0.15) is 0 Å². The van der Waals surface area contributed by atoms with E-state index in [0.29, 0.717) is 19.0 Å². The van der Waals surface area contributed by atoms with Gasteiger partial charge in [-0.1, -0.05) is 12.1 Å². The molecule has 1 N–H and O–H groups in total. The third-order valence-electron chi connectivity index (χ3n) is 2.74. The molecule has 4 heteroatoms. The fourth-order valence-electron chi connectivity index (χ4n) is 1.83. The molecule has 1 unspecified atom stereocenters. The van der Waals surface area contributed by atoms with E-state index in [0.717, 1.165) is 11.3 Å². The zero-order valence-electron chi connectivity index (χ0n) is 12.6. The molecule has 0 aliphatic carbocycles. The van der Waals surface area contributed by atoms with Crippen molar-refractivity contribution in [3.05, 3.63) is 35.9 Å². The Bertz CT molecular complexity index is 469. The van der Waals surface area contributed by atoms with Crippen molar-refractivity contribution < 1.29 is 14.3 Å². The van der Waals surface area contributed by atoms with Crippen LogP contribution in [0.4, 0.5) is 0 Å². The highest BCUT2D eigenvalue weighted by Gasteiger charge is 2.12. The number of benzene rings is 1. The van der Waals surface area contributed by atoms with Crippen LogP contribution in [0.25, 0.3) is 0 Å². The summed E-state index contributed by atoms with van der Waals surface area (Å²) in [4.78, 5) is 11.6. The van der Waals surface area contributed by atoms with Crippen LogP contribution in [0, 0.1) is 0 Å². The number of allylic oxidation sites excluding steroid dienone is 1. The molecule has 0 aromatic heterocycles. The summed E-state index contributed by atoms with van der Waals surface area (Å²) in [6, 6.07) is 5.64. The Morgan fingerprint density at radius 1 is 1.25 bits per heavy atom. The second-order valence-electron chi connectivity index (χ2n) is 4.30. The minimum atomic E-state index is -0.105. The third-order valence-corrected chi connectivity index (χ3v) is 2.74. The van der Waals surface area contributed by atoms with Crippen LogP contribution in [0.2, 0.25) is 0 Å². The molecule has 1 aromatic carbocycles. The van der Waals surface area contributed by atoms with Crippen LogP contribution in [0.5, 0.6) is 11.5 Å². The highest BCUT2D eigenvalue weighted by Crippen LogP contribution is 2.30. The first-order chi connectivity index (χ1) is 9.62. The number of ether oxygens (including phenoxy) is 2. The van der Waals surface area contributed by atoms with Crippen LogP contribution in [0.1, 0.15) is 39.3 Å². The lowest BCUT2D eigenvalue weighted by atomic mass is 10.1. The predicted molar refractivity (Wildman–Crippen MR) is 80.2 cm³/mol. The van der Waals surface area contributed by atoms with Crippen molar-refractivity contribution in [3.8, 4) is 11.5 Å². The quantitative estimate of drug-likeness (QED) is 0.778. The van der Waals surface area contributed by atoms with E-state index < -0.39 is 0 Å². The average Bonchev–Trinajstić information content (AvgIpc) is 2.41. The van der Waals surface area contributed by atoms with Crippen LogP contribution in [0.3, 0.4) is 0 Å². The number of carbonyl (C=O) groups excluding carboxylic acids is 1. The van der Waals surface area contributed by atoms with Gasteiger partial charge in [-0.15, -0.1) is 0 Å². The van der Waals surface area contributed by atoms with Crippen molar-refractivity contribution in [1.82, 2.24) is 5.32 Å². The molecule has 0 aliphatic heterocycles. The third kappa shape index (κ3) is 4.61. The Morgan fingerprint density at radius 2 is 1.90 bits per heavy atom. The molecular weight excluding hydrogens is 254 g/mol. The van der Waals surface area contributed by atoms with Crippen molar-refractivity contribution >= 4 is 5.91 Å². The minimum Gasteiger partial charge on any atom is -0.490 e. The Balaban J connectivity index is 2.89. The van der Waals surface area contributed by atoms with Gasteiger partial charge in [-0.3, -0.25) is 4.79 Å². The summed E-state index contributed by atoms with van der Waals surface area (Å²) < 4.78 is 11.1. The molecule has 20 heavy (non-hydrogen) atoms. The molecule has 0 saturated heterocycles. The van der Waals surface area contributed by atoms with Crippen LogP contribution in [-0.4, -0.2) is 19.1 Å². The molecule has 0 aliphatic rings. The van der Waals surface area contributed by atoms with Crippen molar-refractivity contribution in [2.24, 2.45) is 0 Å². The summed E-state index contributed by atoms with van der Waals surface area (Å²) in [6.45, 7) is 8.78. The Hall–Kier alpha value is -1.97. The summed E-state index contributed by atoms with van der Waals surface area (Å²) >= 11 is 0. The molecule has 110 valence electrons. The van der Waals surface area contributed by atoms with E-state index in [1.807, 2.05) is 45.9 Å². The van der Waals surface area contributed by atoms with Crippen molar-refractivity contribution in [2.45, 2.75) is 33.7 Å². The van der Waals surface area contributed by atoms with Crippen LogP contribution < -0.4 is 14.8 Å². The minimum absolute atomic E-state index is 0.0893. The van der Waals surface area contributed by atoms with Gasteiger partial charge in [0.1, 0.15) is 0 Å². The van der Waals surface area contributed by atoms with Crippen LogP contribution in [0.15, 0.2) is 30.4 Å². The largest absolute Gasteiger partial charge is 0.490 e. The van der Waals surface area contributed by atoms with E-state index in [1.165, 1.54) is 6.08 Å². The highest BCUT2D eigenvalue weighted by atomic mass is 16.5. The maximum Gasteiger partial charge on any atom is 0.244 e. The lowest BCUT2D eigenvalue weighted by Crippen LogP contribution is -2.24. The molecule has 1 aromatic rings. The summed E-state index contributed by atoms with van der Waals surface area (Å²) in [5, 5.41) is 2.90. The normalized spacial score (nSPS) is 12.2. The molecule has 0 bridgehead atoms. The smallest absolute Gasteiger partial charge is 0.244 e. The molecular formula is C16H23NO3. The first-order valence-electron chi connectivity index (χ1n) is 6.95. The number of nitrogens with one attached hydrogen (secondary N) is 1. The SMILES string of the molecule is C/C=C/C(=O)NC(C)c1ccc(OCC)c(OCC)c1. The zero-order valence-corrected chi connectivity index (χ0v) is 12.6. The van der Waals surface area contributed by atoms with Crippen molar-refractivity contribution in [1.29, 1.82) is 0 Å². The van der Waals surface area contributed by atoms with E-state index in [-0.39, 0.29) is 11.9 Å². The maximum absolute atomic E-state index is 11.6. The van der Waals surface area contributed by atoms with Gasteiger partial charge in [0, 0.05) is 0 Å². The molecule has 0 heterocycles. The Morgan fingerprint density at radius 3 is 2.50 bits per heavy atom. The van der Waals surface area contributed by atoms with Crippen LogP contribution in [-0.2, 0) is 4.79 Å².